The van der Waals surface area contributed by atoms with Gasteiger partial charge in [-0.05, 0) is 49.8 Å². The maximum absolute atomic E-state index is 13.4. The zero-order valence-electron chi connectivity index (χ0n) is 20.4. The summed E-state index contributed by atoms with van der Waals surface area (Å²) in [5.41, 5.74) is 2.08. The zero-order chi connectivity index (χ0) is 26.3. The molecule has 1 saturated heterocycles. The molecule has 3 heterocycles. The number of anilines is 4. The van der Waals surface area contributed by atoms with E-state index in [1.165, 1.54) is 13.1 Å². The van der Waals surface area contributed by atoms with E-state index in [1.54, 1.807) is 12.1 Å². The first-order valence-corrected chi connectivity index (χ1v) is 13.9. The Kier molecular flexibility index (Phi) is 6.75. The van der Waals surface area contributed by atoms with Gasteiger partial charge in [0.25, 0.3) is 6.43 Å². The van der Waals surface area contributed by atoms with E-state index in [2.05, 4.69) is 25.6 Å². The van der Waals surface area contributed by atoms with E-state index in [9.17, 15) is 22.0 Å². The van der Waals surface area contributed by atoms with Gasteiger partial charge in [0.05, 0.1) is 29.4 Å². The number of aromatic nitrogens is 3. The first-order valence-electron chi connectivity index (χ1n) is 12.1. The molecular formula is C24H28F2N6O4S. The minimum absolute atomic E-state index is 0.0663. The monoisotopic (exact) mass is 534 g/mol. The van der Waals surface area contributed by atoms with Gasteiger partial charge >= 0.3 is 0 Å². The third-order valence-electron chi connectivity index (χ3n) is 6.56. The number of fused-ring (bicyclic) bond motifs is 1. The van der Waals surface area contributed by atoms with Crippen molar-refractivity contribution in [2.45, 2.75) is 44.6 Å². The van der Waals surface area contributed by atoms with Crippen LogP contribution in [0.5, 0.6) is 0 Å². The minimum atomic E-state index is -3.63. The molecule has 5 rings (SSSR count). The van der Waals surface area contributed by atoms with E-state index in [0.29, 0.717) is 18.0 Å². The summed E-state index contributed by atoms with van der Waals surface area (Å²) in [6.45, 7) is 0.637. The van der Waals surface area contributed by atoms with Gasteiger partial charge in [0.2, 0.25) is 15.9 Å². The number of alkyl halides is 2. The highest BCUT2D eigenvalue weighted by atomic mass is 32.2. The molecule has 1 saturated carbocycles. The van der Waals surface area contributed by atoms with Crippen molar-refractivity contribution in [2.24, 2.45) is 5.92 Å². The number of H-pyrrole nitrogens is 1. The number of carbonyl (C=O) groups excluding carboxylic acids is 1. The summed E-state index contributed by atoms with van der Waals surface area (Å²) in [5, 5.41) is 5.87. The molecule has 198 valence electrons. The van der Waals surface area contributed by atoms with E-state index < -0.39 is 22.3 Å². The molecule has 2 aliphatic rings. The summed E-state index contributed by atoms with van der Waals surface area (Å²) >= 11 is 0. The lowest BCUT2D eigenvalue weighted by Crippen LogP contribution is -2.26. The van der Waals surface area contributed by atoms with E-state index in [1.807, 2.05) is 6.07 Å². The summed E-state index contributed by atoms with van der Waals surface area (Å²) < 4.78 is 58.8. The fourth-order valence-electron chi connectivity index (χ4n) is 4.29. The quantitative estimate of drug-likeness (QED) is 0.384. The van der Waals surface area contributed by atoms with Crippen LogP contribution in [0.25, 0.3) is 11.2 Å². The summed E-state index contributed by atoms with van der Waals surface area (Å²) in [4.78, 5) is 23.1. The second kappa shape index (κ2) is 9.86. The fraction of sp³-hybridized carbons (Fsp3) is 0.458. The molecule has 0 radical (unpaired) electrons. The van der Waals surface area contributed by atoms with Crippen molar-refractivity contribution >= 4 is 50.0 Å². The second-order valence-corrected chi connectivity index (χ2v) is 11.4. The molecule has 13 heteroatoms. The van der Waals surface area contributed by atoms with Crippen LogP contribution >= 0.6 is 0 Å². The fourth-order valence-corrected chi connectivity index (χ4v) is 4.80. The van der Waals surface area contributed by atoms with Gasteiger partial charge in [-0.3, -0.25) is 9.10 Å². The number of imidazole rings is 1. The van der Waals surface area contributed by atoms with Crippen LogP contribution in [-0.4, -0.2) is 49.2 Å². The number of rotatable bonds is 8. The van der Waals surface area contributed by atoms with Crippen LogP contribution in [0.3, 0.4) is 0 Å². The number of nitrogens with one attached hydrogen (secondary N) is 3. The number of nitrogens with zero attached hydrogens (tertiary/aromatic N) is 3. The highest BCUT2D eigenvalue weighted by Gasteiger charge is 2.30. The first kappa shape index (κ1) is 25.3. The van der Waals surface area contributed by atoms with Crippen molar-refractivity contribution < 1.29 is 26.7 Å². The lowest BCUT2D eigenvalue weighted by atomic mass is 10.0. The van der Waals surface area contributed by atoms with E-state index in [0.717, 1.165) is 48.2 Å². The Labute approximate surface area is 212 Å². The number of carbonyl (C=O) groups is 1. The summed E-state index contributed by atoms with van der Waals surface area (Å²) in [6.07, 6.45) is 2.49. The molecule has 3 aromatic rings. The minimum Gasteiger partial charge on any atom is -0.374 e. The smallest absolute Gasteiger partial charge is 0.295 e. The summed E-state index contributed by atoms with van der Waals surface area (Å²) in [5.74, 6) is -0.673. The molecule has 1 atom stereocenters. The number of aromatic amines is 1. The Morgan fingerprint density at radius 2 is 1.95 bits per heavy atom. The maximum atomic E-state index is 13.4. The molecule has 10 nitrogen and oxygen atoms in total. The molecule has 0 spiro atoms. The van der Waals surface area contributed by atoms with Crippen LogP contribution in [0, 0.1) is 5.92 Å². The number of benzene rings is 1. The normalized spacial score (nSPS) is 18.2. The van der Waals surface area contributed by atoms with Gasteiger partial charge in [0, 0.05) is 25.6 Å². The average molecular weight is 535 g/mol. The van der Waals surface area contributed by atoms with Gasteiger partial charge in [-0.2, -0.15) is 0 Å². The average Bonchev–Trinajstić information content (AvgIpc) is 3.62. The van der Waals surface area contributed by atoms with Crippen molar-refractivity contribution in [2.75, 3.05) is 34.8 Å². The van der Waals surface area contributed by atoms with Gasteiger partial charge in [-0.25, -0.2) is 27.2 Å². The van der Waals surface area contributed by atoms with Crippen LogP contribution in [0.4, 0.5) is 31.7 Å². The topological polar surface area (TPSA) is 129 Å². The molecule has 1 aromatic carbocycles. The number of halogens is 2. The number of sulfonamides is 1. The first-order chi connectivity index (χ1) is 17.6. The van der Waals surface area contributed by atoms with E-state index in [4.69, 9.17) is 4.74 Å². The molecule has 1 aliphatic carbocycles. The van der Waals surface area contributed by atoms with Crippen LogP contribution in [0.2, 0.25) is 0 Å². The Morgan fingerprint density at radius 1 is 1.16 bits per heavy atom. The molecule has 0 bridgehead atoms. The highest BCUT2D eigenvalue weighted by Crippen LogP contribution is 2.38. The largest absolute Gasteiger partial charge is 0.374 e. The van der Waals surface area contributed by atoms with Crippen molar-refractivity contribution in [1.82, 2.24) is 15.0 Å². The maximum Gasteiger partial charge on any atom is 0.295 e. The Bertz CT molecular complexity index is 1430. The molecule has 3 N–H and O–H groups in total. The van der Waals surface area contributed by atoms with Crippen LogP contribution in [-0.2, 0) is 19.6 Å². The molecule has 2 fully saturated rings. The van der Waals surface area contributed by atoms with Crippen LogP contribution in [0.15, 0.2) is 24.3 Å². The van der Waals surface area contributed by atoms with Gasteiger partial charge in [-0.1, -0.05) is 6.07 Å². The van der Waals surface area contributed by atoms with E-state index in [-0.39, 0.29) is 40.6 Å². The summed E-state index contributed by atoms with van der Waals surface area (Å²) in [7, 11) is -2.19. The standard InChI is InChI=1S/C24H28F2N6O4S/c1-32(37(2,34)35)17-11-14(18-5-3-4-10-36-18)8-9-15(17)27-16-12-19(29-24(33)13-6-7-13)28-22-20(16)30-23(31-22)21(25)26/h8-9,11-13,18,21H,3-7,10H2,1-2H3,(H3,27,28,29,30,31,33). The highest BCUT2D eigenvalue weighted by molar-refractivity contribution is 7.92. The van der Waals surface area contributed by atoms with Crippen LogP contribution in [0.1, 0.15) is 56.0 Å². The lowest BCUT2D eigenvalue weighted by Gasteiger charge is -2.26. The number of amides is 1. The number of pyridine rings is 1. The van der Waals surface area contributed by atoms with Gasteiger partial charge < -0.3 is 20.4 Å². The lowest BCUT2D eigenvalue weighted by molar-refractivity contribution is -0.117. The summed E-state index contributed by atoms with van der Waals surface area (Å²) in [6, 6.07) is 6.82. The SMILES string of the molecule is CN(c1cc(C2CCCCO2)ccc1Nc1cc(NC(=O)C2CC2)nc2[nH]c(C(F)F)nc12)S(C)(=O)=O. The van der Waals surface area contributed by atoms with Crippen molar-refractivity contribution in [3.05, 3.63) is 35.7 Å². The molecule has 37 heavy (non-hydrogen) atoms. The molecule has 1 unspecified atom stereocenters. The van der Waals surface area contributed by atoms with Crippen molar-refractivity contribution in [3.8, 4) is 0 Å². The third kappa shape index (κ3) is 5.52. The second-order valence-electron chi connectivity index (χ2n) is 9.43. The Hall–Kier alpha value is -3.32. The zero-order valence-corrected chi connectivity index (χ0v) is 21.2. The van der Waals surface area contributed by atoms with Crippen molar-refractivity contribution in [1.29, 1.82) is 0 Å². The van der Waals surface area contributed by atoms with E-state index >= 15 is 0 Å². The third-order valence-corrected chi connectivity index (χ3v) is 7.75. The van der Waals surface area contributed by atoms with Crippen molar-refractivity contribution in [3.63, 3.8) is 0 Å². The molecule has 1 aliphatic heterocycles. The number of hydrogen-bond donors (Lipinski definition) is 3. The molecule has 1 amide bonds. The Morgan fingerprint density at radius 3 is 2.59 bits per heavy atom. The predicted molar refractivity (Wildman–Crippen MR) is 136 cm³/mol. The molecule has 2 aromatic heterocycles. The van der Waals surface area contributed by atoms with Gasteiger partial charge in [0.1, 0.15) is 11.3 Å². The van der Waals surface area contributed by atoms with Gasteiger partial charge in [-0.15, -0.1) is 0 Å². The van der Waals surface area contributed by atoms with Gasteiger partial charge in [0.15, 0.2) is 11.5 Å². The molecular weight excluding hydrogens is 506 g/mol. The number of ether oxygens (including phenoxy) is 1. The predicted octanol–water partition coefficient (Wildman–Crippen LogP) is 4.63. The Balaban J connectivity index is 1.57. The van der Waals surface area contributed by atoms with Crippen LogP contribution < -0.4 is 14.9 Å². The number of hydrogen-bond acceptors (Lipinski definition) is 7.